The summed E-state index contributed by atoms with van der Waals surface area (Å²) in [4.78, 5) is 2.59. The van der Waals surface area contributed by atoms with Crippen molar-refractivity contribution in [2.45, 2.75) is 45.6 Å². The molecule has 1 aliphatic rings. The van der Waals surface area contributed by atoms with Gasteiger partial charge in [-0.3, -0.25) is 0 Å². The van der Waals surface area contributed by atoms with E-state index in [1.807, 2.05) is 0 Å². The topological polar surface area (TPSA) is 29.3 Å². The molecular formula is C15H24N2. The maximum Gasteiger partial charge on any atom is 0.0401 e. The van der Waals surface area contributed by atoms with Crippen molar-refractivity contribution in [1.82, 2.24) is 0 Å². The number of anilines is 1. The zero-order chi connectivity index (χ0) is 12.3. The number of hydrogen-bond acceptors (Lipinski definition) is 2. The Morgan fingerprint density at radius 2 is 2.24 bits per heavy atom. The van der Waals surface area contributed by atoms with E-state index in [4.69, 9.17) is 5.73 Å². The van der Waals surface area contributed by atoms with E-state index in [9.17, 15) is 0 Å². The van der Waals surface area contributed by atoms with Crippen LogP contribution in [0.15, 0.2) is 18.2 Å². The smallest absolute Gasteiger partial charge is 0.0401 e. The second kappa shape index (κ2) is 5.54. The number of nitrogens with two attached hydrogens (primary N) is 1. The largest absolute Gasteiger partial charge is 0.368 e. The minimum absolute atomic E-state index is 0.731. The third-order valence-corrected chi connectivity index (χ3v) is 3.81. The molecule has 17 heavy (non-hydrogen) atoms. The Labute approximate surface area is 105 Å². The van der Waals surface area contributed by atoms with Crippen molar-refractivity contribution in [3.8, 4) is 0 Å². The Morgan fingerprint density at radius 1 is 1.41 bits per heavy atom. The standard InChI is InChI=1S/C15H24N2/c1-3-14-5-4-10-17(14)15-7-6-12(2)11-13(15)8-9-16/h6-7,11,14H,3-5,8-10,16H2,1-2H3. The van der Waals surface area contributed by atoms with Crippen molar-refractivity contribution in [2.75, 3.05) is 18.0 Å². The molecule has 0 aromatic heterocycles. The van der Waals surface area contributed by atoms with Crippen molar-refractivity contribution in [1.29, 1.82) is 0 Å². The van der Waals surface area contributed by atoms with Crippen LogP contribution in [-0.2, 0) is 6.42 Å². The monoisotopic (exact) mass is 232 g/mol. The first-order valence-electron chi connectivity index (χ1n) is 6.82. The molecule has 0 saturated carbocycles. The number of hydrogen-bond donors (Lipinski definition) is 1. The van der Waals surface area contributed by atoms with Crippen molar-refractivity contribution in [3.05, 3.63) is 29.3 Å². The van der Waals surface area contributed by atoms with Gasteiger partial charge in [0.05, 0.1) is 0 Å². The van der Waals surface area contributed by atoms with Crippen LogP contribution in [0.4, 0.5) is 5.69 Å². The molecule has 0 aliphatic carbocycles. The van der Waals surface area contributed by atoms with Gasteiger partial charge in [-0.15, -0.1) is 0 Å². The van der Waals surface area contributed by atoms with E-state index in [1.165, 1.54) is 42.6 Å². The average molecular weight is 232 g/mol. The quantitative estimate of drug-likeness (QED) is 0.865. The molecule has 1 fully saturated rings. The zero-order valence-electron chi connectivity index (χ0n) is 11.1. The molecule has 2 rings (SSSR count). The fraction of sp³-hybridized carbons (Fsp3) is 0.600. The Kier molecular flexibility index (Phi) is 4.06. The van der Waals surface area contributed by atoms with E-state index in [0.717, 1.165) is 19.0 Å². The molecule has 0 amide bonds. The molecule has 1 atom stereocenters. The molecule has 1 unspecified atom stereocenters. The molecule has 0 spiro atoms. The van der Waals surface area contributed by atoms with E-state index >= 15 is 0 Å². The molecule has 94 valence electrons. The van der Waals surface area contributed by atoms with Crippen molar-refractivity contribution >= 4 is 5.69 Å². The molecule has 1 aromatic rings. The molecule has 1 aliphatic heterocycles. The van der Waals surface area contributed by atoms with Gasteiger partial charge in [0.25, 0.3) is 0 Å². The average Bonchev–Trinajstić information content (AvgIpc) is 2.78. The van der Waals surface area contributed by atoms with Crippen LogP contribution < -0.4 is 10.6 Å². The van der Waals surface area contributed by atoms with Crippen LogP contribution in [0, 0.1) is 6.92 Å². The summed E-state index contributed by atoms with van der Waals surface area (Å²) >= 11 is 0. The van der Waals surface area contributed by atoms with E-state index in [0.29, 0.717) is 0 Å². The van der Waals surface area contributed by atoms with Gasteiger partial charge in [0, 0.05) is 18.3 Å². The van der Waals surface area contributed by atoms with Gasteiger partial charge >= 0.3 is 0 Å². The van der Waals surface area contributed by atoms with E-state index in [1.54, 1.807) is 0 Å². The summed E-state index contributed by atoms with van der Waals surface area (Å²) in [6.45, 7) is 6.39. The highest BCUT2D eigenvalue weighted by molar-refractivity contribution is 5.56. The first kappa shape index (κ1) is 12.4. The first-order chi connectivity index (χ1) is 8.26. The summed E-state index contributed by atoms with van der Waals surface area (Å²) in [6, 6.07) is 7.54. The highest BCUT2D eigenvalue weighted by Crippen LogP contribution is 2.30. The number of nitrogens with zero attached hydrogens (tertiary/aromatic N) is 1. The van der Waals surface area contributed by atoms with Crippen LogP contribution in [-0.4, -0.2) is 19.1 Å². The summed E-state index contributed by atoms with van der Waals surface area (Å²) in [5.74, 6) is 0. The number of rotatable bonds is 4. The van der Waals surface area contributed by atoms with Crippen LogP contribution in [0.25, 0.3) is 0 Å². The Hall–Kier alpha value is -1.02. The van der Waals surface area contributed by atoms with Gasteiger partial charge in [-0.1, -0.05) is 24.6 Å². The van der Waals surface area contributed by atoms with Crippen molar-refractivity contribution < 1.29 is 0 Å². The van der Waals surface area contributed by atoms with E-state index in [-0.39, 0.29) is 0 Å². The third-order valence-electron chi connectivity index (χ3n) is 3.81. The number of aryl methyl sites for hydroxylation is 1. The second-order valence-electron chi connectivity index (χ2n) is 5.07. The van der Waals surface area contributed by atoms with Gasteiger partial charge in [0.15, 0.2) is 0 Å². The highest BCUT2D eigenvalue weighted by atomic mass is 15.2. The third kappa shape index (κ3) is 2.63. The lowest BCUT2D eigenvalue weighted by molar-refractivity contribution is 0.643. The highest BCUT2D eigenvalue weighted by Gasteiger charge is 2.24. The molecule has 2 nitrogen and oxygen atoms in total. The summed E-state index contributed by atoms with van der Waals surface area (Å²) < 4.78 is 0. The van der Waals surface area contributed by atoms with Gasteiger partial charge < -0.3 is 10.6 Å². The molecule has 2 heteroatoms. The Morgan fingerprint density at radius 3 is 2.94 bits per heavy atom. The van der Waals surface area contributed by atoms with Crippen LogP contribution in [0.5, 0.6) is 0 Å². The lowest BCUT2D eigenvalue weighted by Gasteiger charge is -2.28. The lowest BCUT2D eigenvalue weighted by Crippen LogP contribution is -2.29. The van der Waals surface area contributed by atoms with Crippen LogP contribution in [0.2, 0.25) is 0 Å². The fourth-order valence-electron chi connectivity index (χ4n) is 2.93. The fourth-order valence-corrected chi connectivity index (χ4v) is 2.93. The Balaban J connectivity index is 2.30. The summed E-state index contributed by atoms with van der Waals surface area (Å²) in [5, 5.41) is 0. The molecular weight excluding hydrogens is 208 g/mol. The van der Waals surface area contributed by atoms with Crippen LogP contribution in [0.3, 0.4) is 0 Å². The maximum atomic E-state index is 5.73. The molecule has 0 bridgehead atoms. The number of benzene rings is 1. The summed E-state index contributed by atoms with van der Waals surface area (Å²) in [7, 11) is 0. The first-order valence-corrected chi connectivity index (χ1v) is 6.82. The normalized spacial score (nSPS) is 19.9. The van der Waals surface area contributed by atoms with Gasteiger partial charge in [0.2, 0.25) is 0 Å². The minimum Gasteiger partial charge on any atom is -0.368 e. The van der Waals surface area contributed by atoms with E-state index in [2.05, 4.69) is 36.9 Å². The molecule has 1 heterocycles. The Bertz CT molecular complexity index is 373. The molecule has 1 saturated heterocycles. The molecule has 2 N–H and O–H groups in total. The maximum absolute atomic E-state index is 5.73. The summed E-state index contributed by atoms with van der Waals surface area (Å²) in [5.41, 5.74) is 9.91. The zero-order valence-corrected chi connectivity index (χ0v) is 11.1. The van der Waals surface area contributed by atoms with Gasteiger partial charge in [-0.05, 0) is 50.8 Å². The summed E-state index contributed by atoms with van der Waals surface area (Å²) in [6.07, 6.45) is 4.90. The predicted molar refractivity (Wildman–Crippen MR) is 74.6 cm³/mol. The lowest BCUT2D eigenvalue weighted by atomic mass is 10.0. The van der Waals surface area contributed by atoms with Crippen LogP contribution >= 0.6 is 0 Å². The second-order valence-corrected chi connectivity index (χ2v) is 5.07. The SMILES string of the molecule is CCC1CCCN1c1ccc(C)cc1CCN. The van der Waals surface area contributed by atoms with Gasteiger partial charge in [-0.25, -0.2) is 0 Å². The predicted octanol–water partition coefficient (Wildman–Crippen LogP) is 2.88. The molecule has 1 aromatic carbocycles. The van der Waals surface area contributed by atoms with Gasteiger partial charge in [-0.2, -0.15) is 0 Å². The van der Waals surface area contributed by atoms with Crippen molar-refractivity contribution in [2.24, 2.45) is 5.73 Å². The van der Waals surface area contributed by atoms with Crippen molar-refractivity contribution in [3.63, 3.8) is 0 Å². The van der Waals surface area contributed by atoms with Gasteiger partial charge in [0.1, 0.15) is 0 Å². The minimum atomic E-state index is 0.731. The van der Waals surface area contributed by atoms with Crippen LogP contribution in [0.1, 0.15) is 37.3 Å². The molecule has 0 radical (unpaired) electrons. The van der Waals surface area contributed by atoms with E-state index < -0.39 is 0 Å².